The highest BCUT2D eigenvalue weighted by molar-refractivity contribution is 7.09. The zero-order valence-corrected chi connectivity index (χ0v) is 16.3. The standard InChI is InChI=1S/C21H30N2OS/c1-22(17-21-4-3-15-25-21)16-19-10-13-23(14-11-19)12-9-18-5-7-20(24-2)8-6-18/h3-8,15,19H,9-14,16-17H2,1-2H3. The Bertz CT molecular complexity index is 603. The largest absolute Gasteiger partial charge is 0.497 e. The summed E-state index contributed by atoms with van der Waals surface area (Å²) in [6, 6.07) is 12.9. The molecule has 1 saturated heterocycles. The third-order valence-corrected chi connectivity index (χ3v) is 6.02. The van der Waals surface area contributed by atoms with E-state index in [0.29, 0.717) is 0 Å². The lowest BCUT2D eigenvalue weighted by Crippen LogP contribution is -2.38. The number of piperidine rings is 1. The number of rotatable bonds is 8. The predicted molar refractivity (Wildman–Crippen MR) is 107 cm³/mol. The van der Waals surface area contributed by atoms with Crippen LogP contribution in [0.4, 0.5) is 0 Å². The summed E-state index contributed by atoms with van der Waals surface area (Å²) >= 11 is 1.86. The van der Waals surface area contributed by atoms with E-state index >= 15 is 0 Å². The topological polar surface area (TPSA) is 15.7 Å². The highest BCUT2D eigenvalue weighted by atomic mass is 32.1. The molecule has 136 valence electrons. The maximum absolute atomic E-state index is 5.23. The van der Waals surface area contributed by atoms with Crippen molar-refractivity contribution in [2.75, 3.05) is 40.3 Å². The summed E-state index contributed by atoms with van der Waals surface area (Å²) in [5, 5.41) is 2.17. The third kappa shape index (κ3) is 5.84. The average molecular weight is 359 g/mol. The van der Waals surface area contributed by atoms with Gasteiger partial charge < -0.3 is 14.5 Å². The lowest BCUT2D eigenvalue weighted by molar-refractivity contribution is 0.154. The van der Waals surface area contributed by atoms with Gasteiger partial charge in [0.05, 0.1) is 7.11 Å². The molecular formula is C21H30N2OS. The van der Waals surface area contributed by atoms with Crippen molar-refractivity contribution in [1.82, 2.24) is 9.80 Å². The first-order chi connectivity index (χ1) is 12.2. The zero-order valence-electron chi connectivity index (χ0n) is 15.5. The fourth-order valence-corrected chi connectivity index (χ4v) is 4.43. The van der Waals surface area contributed by atoms with Gasteiger partial charge in [0.25, 0.3) is 0 Å². The van der Waals surface area contributed by atoms with Crippen LogP contribution in [0.2, 0.25) is 0 Å². The van der Waals surface area contributed by atoms with Gasteiger partial charge in [0, 0.05) is 24.5 Å². The number of nitrogens with zero attached hydrogens (tertiary/aromatic N) is 2. The maximum atomic E-state index is 5.23. The van der Waals surface area contributed by atoms with Crippen LogP contribution in [0.1, 0.15) is 23.3 Å². The summed E-state index contributed by atoms with van der Waals surface area (Å²) < 4.78 is 5.23. The lowest BCUT2D eigenvalue weighted by atomic mass is 9.96. The molecule has 2 aromatic rings. The van der Waals surface area contributed by atoms with Crippen molar-refractivity contribution < 1.29 is 4.74 Å². The molecule has 1 aromatic carbocycles. The maximum Gasteiger partial charge on any atom is 0.118 e. The Hall–Kier alpha value is -1.36. The molecule has 0 N–H and O–H groups in total. The van der Waals surface area contributed by atoms with Gasteiger partial charge in [-0.2, -0.15) is 0 Å². The van der Waals surface area contributed by atoms with Crippen LogP contribution in [0.25, 0.3) is 0 Å². The SMILES string of the molecule is COc1ccc(CCN2CCC(CN(C)Cc3cccs3)CC2)cc1. The van der Waals surface area contributed by atoms with Crippen LogP contribution < -0.4 is 4.74 Å². The number of thiophene rings is 1. The van der Waals surface area contributed by atoms with E-state index in [2.05, 4.69) is 58.6 Å². The minimum Gasteiger partial charge on any atom is -0.497 e. The van der Waals surface area contributed by atoms with E-state index in [1.54, 1.807) is 7.11 Å². The molecule has 2 heterocycles. The van der Waals surface area contributed by atoms with E-state index in [4.69, 9.17) is 4.74 Å². The van der Waals surface area contributed by atoms with E-state index in [1.165, 1.54) is 49.5 Å². The van der Waals surface area contributed by atoms with Gasteiger partial charge in [-0.1, -0.05) is 18.2 Å². The summed E-state index contributed by atoms with van der Waals surface area (Å²) in [5.41, 5.74) is 1.40. The van der Waals surface area contributed by atoms with Gasteiger partial charge in [0.15, 0.2) is 0 Å². The lowest BCUT2D eigenvalue weighted by Gasteiger charge is -2.33. The molecule has 0 spiro atoms. The Labute approximate surface area is 156 Å². The molecule has 25 heavy (non-hydrogen) atoms. The highest BCUT2D eigenvalue weighted by Crippen LogP contribution is 2.20. The summed E-state index contributed by atoms with van der Waals surface area (Å²) in [5.74, 6) is 1.79. The first-order valence-corrected chi connectivity index (χ1v) is 10.2. The molecule has 0 amide bonds. The fourth-order valence-electron chi connectivity index (χ4n) is 3.65. The van der Waals surface area contributed by atoms with E-state index in [0.717, 1.165) is 24.6 Å². The highest BCUT2D eigenvalue weighted by Gasteiger charge is 2.20. The van der Waals surface area contributed by atoms with Crippen LogP contribution >= 0.6 is 11.3 Å². The summed E-state index contributed by atoms with van der Waals surface area (Å²) in [6.45, 7) is 5.98. The predicted octanol–water partition coefficient (Wildman–Crippen LogP) is 4.14. The summed E-state index contributed by atoms with van der Waals surface area (Å²) in [7, 11) is 3.98. The van der Waals surface area contributed by atoms with Crippen LogP contribution in [-0.4, -0.2) is 50.1 Å². The van der Waals surface area contributed by atoms with Gasteiger partial charge in [-0.3, -0.25) is 0 Å². The van der Waals surface area contributed by atoms with Gasteiger partial charge in [-0.05, 0) is 74.5 Å². The van der Waals surface area contributed by atoms with Crippen molar-refractivity contribution in [3.8, 4) is 5.75 Å². The summed E-state index contributed by atoms with van der Waals surface area (Å²) in [4.78, 5) is 6.59. The molecule has 4 heteroatoms. The van der Waals surface area contributed by atoms with Crippen molar-refractivity contribution >= 4 is 11.3 Å². The molecule has 0 saturated carbocycles. The summed E-state index contributed by atoms with van der Waals surface area (Å²) in [6.07, 6.45) is 3.79. The smallest absolute Gasteiger partial charge is 0.118 e. The second kappa shape index (κ2) is 9.37. The van der Waals surface area contributed by atoms with Crippen molar-refractivity contribution in [1.29, 1.82) is 0 Å². The van der Waals surface area contributed by atoms with Crippen molar-refractivity contribution in [3.05, 3.63) is 52.2 Å². The number of benzene rings is 1. The molecule has 0 aliphatic carbocycles. The Morgan fingerprint density at radius 2 is 1.92 bits per heavy atom. The van der Waals surface area contributed by atoms with Crippen molar-refractivity contribution in [2.45, 2.75) is 25.8 Å². The van der Waals surface area contributed by atoms with E-state index in [9.17, 15) is 0 Å². The quantitative estimate of drug-likeness (QED) is 0.705. The monoisotopic (exact) mass is 358 g/mol. The molecule has 0 bridgehead atoms. The first-order valence-electron chi connectivity index (χ1n) is 9.29. The second-order valence-electron chi connectivity index (χ2n) is 7.16. The first kappa shape index (κ1) is 18.4. The van der Waals surface area contributed by atoms with Gasteiger partial charge in [0.1, 0.15) is 5.75 Å². The number of hydrogen-bond acceptors (Lipinski definition) is 4. The molecule has 1 aliphatic rings. The molecular weight excluding hydrogens is 328 g/mol. The van der Waals surface area contributed by atoms with E-state index in [1.807, 2.05) is 11.3 Å². The van der Waals surface area contributed by atoms with Crippen molar-refractivity contribution in [3.63, 3.8) is 0 Å². The van der Waals surface area contributed by atoms with Crippen LogP contribution in [-0.2, 0) is 13.0 Å². The molecule has 0 unspecified atom stereocenters. The van der Waals surface area contributed by atoms with Crippen molar-refractivity contribution in [2.24, 2.45) is 5.92 Å². The van der Waals surface area contributed by atoms with Gasteiger partial charge in [-0.15, -0.1) is 11.3 Å². The van der Waals surface area contributed by atoms with Gasteiger partial charge >= 0.3 is 0 Å². The third-order valence-electron chi connectivity index (χ3n) is 5.16. The molecule has 0 radical (unpaired) electrons. The molecule has 3 nitrogen and oxygen atoms in total. The minimum atomic E-state index is 0.849. The van der Waals surface area contributed by atoms with Crippen LogP contribution in [0, 0.1) is 5.92 Å². The molecule has 1 fully saturated rings. The van der Waals surface area contributed by atoms with Gasteiger partial charge in [-0.25, -0.2) is 0 Å². The fraction of sp³-hybridized carbons (Fsp3) is 0.524. The number of hydrogen-bond donors (Lipinski definition) is 0. The van der Waals surface area contributed by atoms with E-state index < -0.39 is 0 Å². The van der Waals surface area contributed by atoms with E-state index in [-0.39, 0.29) is 0 Å². The zero-order chi connectivity index (χ0) is 17.5. The Morgan fingerprint density at radius 1 is 1.16 bits per heavy atom. The van der Waals surface area contributed by atoms with Gasteiger partial charge in [0.2, 0.25) is 0 Å². The Kier molecular flexibility index (Phi) is 6.91. The van der Waals surface area contributed by atoms with Crippen LogP contribution in [0.3, 0.4) is 0 Å². The number of ether oxygens (including phenoxy) is 1. The normalized spacial score (nSPS) is 16.4. The average Bonchev–Trinajstić information content (AvgIpc) is 3.14. The van der Waals surface area contributed by atoms with Crippen LogP contribution in [0.5, 0.6) is 5.75 Å². The second-order valence-corrected chi connectivity index (χ2v) is 8.19. The number of likely N-dealkylation sites (tertiary alicyclic amines) is 1. The molecule has 0 atom stereocenters. The molecule has 3 rings (SSSR count). The molecule has 1 aromatic heterocycles. The Morgan fingerprint density at radius 3 is 2.56 bits per heavy atom. The number of methoxy groups -OCH3 is 1. The van der Waals surface area contributed by atoms with Crippen LogP contribution in [0.15, 0.2) is 41.8 Å². The molecule has 1 aliphatic heterocycles. The Balaban J connectivity index is 1.35. The minimum absolute atomic E-state index is 0.849.